The maximum absolute atomic E-state index is 13.7. The smallest absolute Gasteiger partial charge is 0.239 e. The van der Waals surface area contributed by atoms with Crippen molar-refractivity contribution in [1.29, 1.82) is 0 Å². The summed E-state index contributed by atoms with van der Waals surface area (Å²) in [4.78, 5) is 38.8. The van der Waals surface area contributed by atoms with Gasteiger partial charge in [-0.05, 0) is 30.5 Å². The molecule has 3 amide bonds. The number of piperazine rings is 1. The Labute approximate surface area is 179 Å². The van der Waals surface area contributed by atoms with Crippen LogP contribution in [0.4, 0.5) is 8.78 Å². The van der Waals surface area contributed by atoms with Crippen molar-refractivity contribution in [2.24, 2.45) is 5.92 Å². The van der Waals surface area contributed by atoms with Crippen LogP contribution in [0.2, 0.25) is 0 Å². The third kappa shape index (κ3) is 5.76. The van der Waals surface area contributed by atoms with Crippen molar-refractivity contribution in [3.63, 3.8) is 0 Å². The number of likely N-dealkylation sites (tertiary alicyclic amines) is 1. The molecule has 31 heavy (non-hydrogen) atoms. The van der Waals surface area contributed by atoms with Crippen molar-refractivity contribution in [3.05, 3.63) is 35.4 Å². The highest BCUT2D eigenvalue weighted by molar-refractivity contribution is 5.89. The average Bonchev–Trinajstić information content (AvgIpc) is 3.07. The summed E-state index contributed by atoms with van der Waals surface area (Å²) in [7, 11) is 0. The quantitative estimate of drug-likeness (QED) is 0.446. The van der Waals surface area contributed by atoms with Crippen LogP contribution in [0, 0.1) is 17.6 Å². The number of hydrogen-bond acceptors (Lipinski definition) is 5. The van der Waals surface area contributed by atoms with Gasteiger partial charge in [0.25, 0.3) is 0 Å². The summed E-state index contributed by atoms with van der Waals surface area (Å²) in [5.74, 6) is -3.12. The Morgan fingerprint density at radius 2 is 1.97 bits per heavy atom. The SMILES string of the molecule is CCCN1CC(C(=O)N[C@@H](Cc2cc(F)cc(F)c2)[C@H](O)[C@@H]2NCCNC2=O)CC1=O. The Morgan fingerprint density at radius 3 is 2.61 bits per heavy atom. The summed E-state index contributed by atoms with van der Waals surface area (Å²) in [6.07, 6.45) is -0.605. The number of nitrogens with one attached hydrogen (secondary N) is 3. The van der Waals surface area contributed by atoms with Crippen LogP contribution in [0.1, 0.15) is 25.3 Å². The third-order valence-electron chi connectivity index (χ3n) is 5.61. The lowest BCUT2D eigenvalue weighted by molar-refractivity contribution is -0.131. The van der Waals surface area contributed by atoms with Crippen LogP contribution in [-0.4, -0.2) is 72.1 Å². The molecule has 2 heterocycles. The zero-order valence-corrected chi connectivity index (χ0v) is 17.4. The van der Waals surface area contributed by atoms with Gasteiger partial charge in [0.05, 0.1) is 18.1 Å². The average molecular weight is 438 g/mol. The Kier molecular flexibility index (Phi) is 7.55. The zero-order chi connectivity index (χ0) is 22.5. The highest BCUT2D eigenvalue weighted by Crippen LogP contribution is 2.20. The van der Waals surface area contributed by atoms with E-state index in [-0.39, 0.29) is 30.9 Å². The van der Waals surface area contributed by atoms with E-state index in [1.807, 2.05) is 6.92 Å². The molecule has 8 nitrogen and oxygen atoms in total. The minimum atomic E-state index is -1.35. The molecule has 2 saturated heterocycles. The molecule has 4 N–H and O–H groups in total. The van der Waals surface area contributed by atoms with Crippen LogP contribution in [0.25, 0.3) is 0 Å². The van der Waals surface area contributed by atoms with Gasteiger partial charge < -0.3 is 26.0 Å². The maximum atomic E-state index is 13.7. The first-order valence-corrected chi connectivity index (χ1v) is 10.5. The predicted molar refractivity (Wildman–Crippen MR) is 108 cm³/mol. The summed E-state index contributed by atoms with van der Waals surface area (Å²) >= 11 is 0. The molecule has 2 aliphatic rings. The molecular weight excluding hydrogens is 410 g/mol. The summed E-state index contributed by atoms with van der Waals surface area (Å²) in [5.41, 5.74) is 0.230. The van der Waals surface area contributed by atoms with Crippen molar-refractivity contribution in [2.75, 3.05) is 26.2 Å². The first-order chi connectivity index (χ1) is 14.8. The summed E-state index contributed by atoms with van der Waals surface area (Å²) in [6.45, 7) is 3.62. The number of halogens is 2. The van der Waals surface area contributed by atoms with E-state index >= 15 is 0 Å². The molecule has 10 heteroatoms. The minimum absolute atomic E-state index is 0.0609. The van der Waals surface area contributed by atoms with Crippen LogP contribution < -0.4 is 16.0 Å². The Morgan fingerprint density at radius 1 is 1.26 bits per heavy atom. The molecule has 2 fully saturated rings. The number of rotatable bonds is 8. The lowest BCUT2D eigenvalue weighted by atomic mass is 9.94. The predicted octanol–water partition coefficient (Wildman–Crippen LogP) is -0.300. The van der Waals surface area contributed by atoms with Gasteiger partial charge in [-0.25, -0.2) is 8.78 Å². The molecule has 1 aromatic carbocycles. The molecule has 1 aromatic rings. The summed E-state index contributed by atoms with van der Waals surface area (Å²) in [6, 6.07) is 0.983. The standard InChI is InChI=1S/C21H28F2N4O4/c1-2-5-27-11-13(9-17(27)28)20(30)26-16(8-12-6-14(22)10-15(23)7-12)19(29)18-21(31)25-4-3-24-18/h6-7,10,13,16,18-19,24,29H,2-5,8-9,11H2,1H3,(H,25,31)(H,26,30)/t13?,16-,18-,19-/m0/s1. The monoisotopic (exact) mass is 438 g/mol. The highest BCUT2D eigenvalue weighted by atomic mass is 19.1. The topological polar surface area (TPSA) is 111 Å². The third-order valence-corrected chi connectivity index (χ3v) is 5.61. The minimum Gasteiger partial charge on any atom is -0.389 e. The maximum Gasteiger partial charge on any atom is 0.239 e. The number of carbonyl (C=O) groups is 3. The number of aliphatic hydroxyl groups is 1. The molecule has 3 rings (SSSR count). The number of carbonyl (C=O) groups excluding carboxylic acids is 3. The molecule has 0 saturated carbocycles. The molecule has 0 spiro atoms. The number of benzene rings is 1. The van der Waals surface area contributed by atoms with Gasteiger partial charge in [-0.2, -0.15) is 0 Å². The lowest BCUT2D eigenvalue weighted by Crippen LogP contribution is -2.63. The second kappa shape index (κ2) is 10.1. The fourth-order valence-corrected chi connectivity index (χ4v) is 4.10. The summed E-state index contributed by atoms with van der Waals surface area (Å²) in [5, 5.41) is 19.1. The lowest BCUT2D eigenvalue weighted by Gasteiger charge is -2.33. The normalized spacial score (nSPS) is 23.4. The molecule has 0 bridgehead atoms. The summed E-state index contributed by atoms with van der Waals surface area (Å²) < 4.78 is 27.3. The van der Waals surface area contributed by atoms with E-state index < -0.39 is 47.6 Å². The number of nitrogens with zero attached hydrogens (tertiary/aromatic N) is 1. The van der Waals surface area contributed by atoms with Crippen LogP contribution in [0.5, 0.6) is 0 Å². The first-order valence-electron chi connectivity index (χ1n) is 10.5. The molecule has 170 valence electrons. The number of amides is 3. The Balaban J connectivity index is 1.77. The van der Waals surface area contributed by atoms with E-state index in [0.29, 0.717) is 19.6 Å². The van der Waals surface area contributed by atoms with Crippen LogP contribution in [0.15, 0.2) is 18.2 Å². The van der Waals surface area contributed by atoms with Gasteiger partial charge in [0.2, 0.25) is 17.7 Å². The van der Waals surface area contributed by atoms with Gasteiger partial charge in [-0.15, -0.1) is 0 Å². The van der Waals surface area contributed by atoms with Crippen LogP contribution >= 0.6 is 0 Å². The fourth-order valence-electron chi connectivity index (χ4n) is 4.10. The largest absolute Gasteiger partial charge is 0.389 e. The molecular formula is C21H28F2N4O4. The molecule has 0 aromatic heterocycles. The van der Waals surface area contributed by atoms with E-state index in [2.05, 4.69) is 16.0 Å². The zero-order valence-electron chi connectivity index (χ0n) is 17.4. The fraction of sp³-hybridized carbons (Fsp3) is 0.571. The van der Waals surface area contributed by atoms with Gasteiger partial charge in [0.1, 0.15) is 17.7 Å². The van der Waals surface area contributed by atoms with E-state index in [4.69, 9.17) is 0 Å². The van der Waals surface area contributed by atoms with Crippen molar-refractivity contribution in [3.8, 4) is 0 Å². The molecule has 1 unspecified atom stereocenters. The van der Waals surface area contributed by atoms with Gasteiger partial charge in [0, 0.05) is 38.7 Å². The van der Waals surface area contributed by atoms with Crippen molar-refractivity contribution in [2.45, 2.75) is 44.4 Å². The first kappa shape index (κ1) is 23.1. The van der Waals surface area contributed by atoms with Crippen molar-refractivity contribution < 1.29 is 28.3 Å². The van der Waals surface area contributed by atoms with Gasteiger partial charge in [0.15, 0.2) is 0 Å². The van der Waals surface area contributed by atoms with Crippen molar-refractivity contribution in [1.82, 2.24) is 20.9 Å². The number of hydrogen-bond donors (Lipinski definition) is 4. The van der Waals surface area contributed by atoms with Crippen LogP contribution in [0.3, 0.4) is 0 Å². The van der Waals surface area contributed by atoms with E-state index in [0.717, 1.165) is 24.6 Å². The second-order valence-electron chi connectivity index (χ2n) is 8.05. The van der Waals surface area contributed by atoms with Gasteiger partial charge in [-0.3, -0.25) is 14.4 Å². The van der Waals surface area contributed by atoms with Gasteiger partial charge in [-0.1, -0.05) is 6.92 Å². The Hall–Kier alpha value is -2.59. The van der Waals surface area contributed by atoms with E-state index in [1.165, 1.54) is 0 Å². The Bertz CT molecular complexity index is 817. The van der Waals surface area contributed by atoms with E-state index in [1.54, 1.807) is 4.90 Å². The highest BCUT2D eigenvalue weighted by Gasteiger charge is 2.38. The molecule has 2 aliphatic heterocycles. The molecule has 0 radical (unpaired) electrons. The second-order valence-corrected chi connectivity index (χ2v) is 8.05. The van der Waals surface area contributed by atoms with E-state index in [9.17, 15) is 28.3 Å². The van der Waals surface area contributed by atoms with Crippen molar-refractivity contribution >= 4 is 17.7 Å². The molecule has 4 atom stereocenters. The molecule has 0 aliphatic carbocycles. The van der Waals surface area contributed by atoms with Crippen LogP contribution in [-0.2, 0) is 20.8 Å². The van der Waals surface area contributed by atoms with Gasteiger partial charge >= 0.3 is 0 Å². The number of aliphatic hydroxyl groups excluding tert-OH is 1.